The Morgan fingerprint density at radius 1 is 1.16 bits per heavy atom. The molecule has 0 radical (unpaired) electrons. The predicted molar refractivity (Wildman–Crippen MR) is 112 cm³/mol. The molecule has 2 amide bonds. The van der Waals surface area contributed by atoms with Gasteiger partial charge in [-0.3, -0.25) is 0 Å². The summed E-state index contributed by atoms with van der Waals surface area (Å²) in [6.45, 7) is 5.74. The van der Waals surface area contributed by atoms with Gasteiger partial charge in [-0.05, 0) is 44.5 Å². The lowest BCUT2D eigenvalue weighted by molar-refractivity contribution is -0.140. The van der Waals surface area contributed by atoms with E-state index in [2.05, 4.69) is 10.6 Å². The van der Waals surface area contributed by atoms with Gasteiger partial charge in [0, 0.05) is 11.3 Å². The Kier molecular flexibility index (Phi) is 5.70. The molecule has 2 aliphatic heterocycles. The minimum atomic E-state index is -0.701. The van der Waals surface area contributed by atoms with Crippen LogP contribution in [0.1, 0.15) is 37.9 Å². The third kappa shape index (κ3) is 4.42. The van der Waals surface area contributed by atoms with E-state index in [0.717, 1.165) is 5.56 Å². The highest BCUT2D eigenvalue weighted by molar-refractivity contribution is 5.95. The van der Waals surface area contributed by atoms with E-state index >= 15 is 0 Å². The largest absolute Gasteiger partial charge is 0.491 e. The molecular formula is C23H24N2O6. The first kappa shape index (κ1) is 20.6. The van der Waals surface area contributed by atoms with Gasteiger partial charge in [-0.25, -0.2) is 9.59 Å². The Labute approximate surface area is 180 Å². The third-order valence-corrected chi connectivity index (χ3v) is 4.89. The van der Waals surface area contributed by atoms with Crippen LogP contribution in [-0.4, -0.2) is 24.9 Å². The normalized spacial score (nSPS) is 17.3. The maximum Gasteiger partial charge on any atom is 0.338 e. The van der Waals surface area contributed by atoms with Crippen molar-refractivity contribution in [1.29, 1.82) is 0 Å². The van der Waals surface area contributed by atoms with E-state index in [0.29, 0.717) is 34.1 Å². The number of hydrogen-bond donors (Lipinski definition) is 2. The van der Waals surface area contributed by atoms with E-state index in [9.17, 15) is 9.59 Å². The van der Waals surface area contributed by atoms with Crippen LogP contribution in [-0.2, 0) is 16.1 Å². The molecule has 2 aliphatic rings. The first-order valence-corrected chi connectivity index (χ1v) is 10.0. The average Bonchev–Trinajstić information content (AvgIpc) is 3.19. The smallest absolute Gasteiger partial charge is 0.338 e. The van der Waals surface area contributed by atoms with E-state index in [-0.39, 0.29) is 19.5 Å². The zero-order valence-corrected chi connectivity index (χ0v) is 17.6. The maximum absolute atomic E-state index is 13.1. The average molecular weight is 424 g/mol. The number of esters is 1. The Morgan fingerprint density at radius 2 is 1.94 bits per heavy atom. The molecule has 31 heavy (non-hydrogen) atoms. The number of fused-ring (bicyclic) bond motifs is 1. The Hall–Kier alpha value is -3.68. The van der Waals surface area contributed by atoms with Crippen LogP contribution >= 0.6 is 0 Å². The van der Waals surface area contributed by atoms with E-state index in [1.54, 1.807) is 19.1 Å². The minimum Gasteiger partial charge on any atom is -0.491 e. The first-order valence-electron chi connectivity index (χ1n) is 10.0. The molecule has 2 N–H and O–H groups in total. The van der Waals surface area contributed by atoms with Crippen molar-refractivity contribution < 1.29 is 28.5 Å². The van der Waals surface area contributed by atoms with Crippen molar-refractivity contribution in [2.45, 2.75) is 39.5 Å². The Balaban J connectivity index is 1.58. The van der Waals surface area contributed by atoms with Gasteiger partial charge in [-0.1, -0.05) is 24.3 Å². The van der Waals surface area contributed by atoms with Gasteiger partial charge in [0.25, 0.3) is 0 Å². The minimum absolute atomic E-state index is 0.0526. The molecule has 0 bridgehead atoms. The summed E-state index contributed by atoms with van der Waals surface area (Å²) in [7, 11) is 0. The molecule has 1 atom stereocenters. The fraction of sp³-hybridized carbons (Fsp3) is 0.304. The zero-order valence-electron chi connectivity index (χ0n) is 17.6. The number of nitrogens with one attached hydrogen (secondary N) is 2. The summed E-state index contributed by atoms with van der Waals surface area (Å²) in [6, 6.07) is 11.6. The summed E-state index contributed by atoms with van der Waals surface area (Å²) < 4.78 is 22.1. The highest BCUT2D eigenvalue weighted by Gasteiger charge is 2.34. The van der Waals surface area contributed by atoms with Crippen LogP contribution in [0.5, 0.6) is 17.2 Å². The number of carbonyl (C=O) groups is 2. The highest BCUT2D eigenvalue weighted by Crippen LogP contribution is 2.35. The molecule has 0 aromatic heterocycles. The van der Waals surface area contributed by atoms with E-state index in [1.807, 2.05) is 44.2 Å². The number of benzene rings is 2. The zero-order chi connectivity index (χ0) is 22.0. The van der Waals surface area contributed by atoms with Crippen molar-refractivity contribution in [3.8, 4) is 17.2 Å². The van der Waals surface area contributed by atoms with Crippen molar-refractivity contribution in [3.05, 3.63) is 64.9 Å². The fourth-order valence-electron chi connectivity index (χ4n) is 3.54. The van der Waals surface area contributed by atoms with Crippen molar-refractivity contribution >= 4 is 12.0 Å². The third-order valence-electron chi connectivity index (χ3n) is 4.89. The molecule has 2 aromatic rings. The number of carbonyl (C=O) groups excluding carboxylic acids is 2. The van der Waals surface area contributed by atoms with Gasteiger partial charge in [0.05, 0.1) is 17.7 Å². The predicted octanol–water partition coefficient (Wildman–Crippen LogP) is 3.57. The molecule has 0 saturated carbocycles. The number of ether oxygens (including phenoxy) is 4. The van der Waals surface area contributed by atoms with E-state index in [4.69, 9.17) is 18.9 Å². The summed E-state index contributed by atoms with van der Waals surface area (Å²) in [5.74, 6) is 1.34. The number of allylic oxidation sites excluding steroid dienone is 1. The van der Waals surface area contributed by atoms with E-state index in [1.165, 1.54) is 0 Å². The van der Waals surface area contributed by atoms with Crippen LogP contribution in [0.3, 0.4) is 0 Å². The summed E-state index contributed by atoms with van der Waals surface area (Å²) in [5, 5.41) is 5.47. The van der Waals surface area contributed by atoms with Gasteiger partial charge in [0.15, 0.2) is 11.5 Å². The van der Waals surface area contributed by atoms with Crippen LogP contribution in [0, 0.1) is 0 Å². The van der Waals surface area contributed by atoms with Crippen molar-refractivity contribution in [2.75, 3.05) is 6.79 Å². The molecule has 2 heterocycles. The van der Waals surface area contributed by atoms with Crippen molar-refractivity contribution in [2.24, 2.45) is 0 Å². The van der Waals surface area contributed by atoms with Gasteiger partial charge >= 0.3 is 12.0 Å². The molecule has 0 spiro atoms. The molecule has 8 heteroatoms. The first-order chi connectivity index (χ1) is 14.9. The van der Waals surface area contributed by atoms with Gasteiger partial charge < -0.3 is 29.6 Å². The number of amides is 2. The van der Waals surface area contributed by atoms with Gasteiger partial charge in [-0.15, -0.1) is 0 Å². The number of hydrogen-bond acceptors (Lipinski definition) is 6. The molecule has 0 unspecified atom stereocenters. The number of para-hydroxylation sites is 1. The molecule has 4 rings (SSSR count). The quantitative estimate of drug-likeness (QED) is 0.689. The molecule has 0 fully saturated rings. The highest BCUT2D eigenvalue weighted by atomic mass is 16.7. The van der Waals surface area contributed by atoms with Gasteiger partial charge in [0.1, 0.15) is 12.4 Å². The van der Waals surface area contributed by atoms with Crippen LogP contribution in [0.2, 0.25) is 0 Å². The van der Waals surface area contributed by atoms with Gasteiger partial charge in [0.2, 0.25) is 6.79 Å². The monoisotopic (exact) mass is 424 g/mol. The molecule has 2 aromatic carbocycles. The number of urea groups is 1. The molecule has 0 aliphatic carbocycles. The van der Waals surface area contributed by atoms with Crippen LogP contribution in [0.4, 0.5) is 4.79 Å². The fourth-order valence-corrected chi connectivity index (χ4v) is 3.54. The van der Waals surface area contributed by atoms with Crippen LogP contribution in [0.15, 0.2) is 53.7 Å². The van der Waals surface area contributed by atoms with Gasteiger partial charge in [-0.2, -0.15) is 0 Å². The van der Waals surface area contributed by atoms with Crippen molar-refractivity contribution in [1.82, 2.24) is 10.6 Å². The lowest BCUT2D eigenvalue weighted by Gasteiger charge is -2.29. The standard InChI is InChI=1S/C23H24N2O6/c1-13(2)31-17-7-5-4-6-16(17)21-20(14(3)24-23(27)25-21)22(26)28-11-15-8-9-18-19(10-15)30-12-29-18/h4-10,13,21H,11-12H2,1-3H3,(H2,24,25,27)/t21-/m0/s1. The summed E-state index contributed by atoms with van der Waals surface area (Å²) >= 11 is 0. The summed E-state index contributed by atoms with van der Waals surface area (Å²) in [6.07, 6.45) is -0.0648. The van der Waals surface area contributed by atoms with E-state index < -0.39 is 18.0 Å². The number of rotatable bonds is 6. The second kappa shape index (κ2) is 8.59. The maximum atomic E-state index is 13.1. The topological polar surface area (TPSA) is 95.1 Å². The SMILES string of the molecule is CC1=C(C(=O)OCc2ccc3c(c2)OCO3)[C@H](c2ccccc2OC(C)C)NC(=O)N1. The Bertz CT molecular complexity index is 1050. The molecular weight excluding hydrogens is 400 g/mol. The van der Waals surface area contributed by atoms with Crippen molar-refractivity contribution in [3.63, 3.8) is 0 Å². The lowest BCUT2D eigenvalue weighted by Crippen LogP contribution is -2.45. The van der Waals surface area contributed by atoms with Crippen LogP contribution in [0.25, 0.3) is 0 Å². The summed E-state index contributed by atoms with van der Waals surface area (Å²) in [4.78, 5) is 25.2. The molecule has 8 nitrogen and oxygen atoms in total. The molecule has 0 saturated heterocycles. The summed E-state index contributed by atoms with van der Waals surface area (Å²) in [5.41, 5.74) is 2.20. The Morgan fingerprint density at radius 3 is 2.74 bits per heavy atom. The second-order valence-electron chi connectivity index (χ2n) is 7.54. The van der Waals surface area contributed by atoms with Crippen LogP contribution < -0.4 is 24.8 Å². The second-order valence-corrected chi connectivity index (χ2v) is 7.54. The lowest BCUT2D eigenvalue weighted by atomic mass is 9.94. The molecule has 162 valence electrons.